The maximum Gasteiger partial charge on any atom is 0.270 e. The molecule has 0 bridgehead atoms. The third-order valence-electron chi connectivity index (χ3n) is 2.36. The molecular weight excluding hydrogens is 262 g/mol. The Morgan fingerprint density at radius 3 is 2.16 bits per heavy atom. The zero-order chi connectivity index (χ0) is 14.3. The minimum Gasteiger partial charge on any atom is -0.289 e. The molecule has 0 heterocycles. The molecule has 4 nitrogen and oxygen atoms in total. The first-order valence-electron chi connectivity index (χ1n) is 5.47. The van der Waals surface area contributed by atoms with Crippen molar-refractivity contribution in [2.75, 3.05) is 6.26 Å². The van der Waals surface area contributed by atoms with E-state index in [4.69, 9.17) is 0 Å². The van der Waals surface area contributed by atoms with Crippen LogP contribution in [0, 0.1) is 10.1 Å². The Bertz CT molecular complexity index is 570. The summed E-state index contributed by atoms with van der Waals surface area (Å²) >= 11 is 3.53. The van der Waals surface area contributed by atoms with E-state index in [1.54, 1.807) is 36.6 Å². The number of non-ortho nitro benzene ring substituents is 1. The topological polar surface area (TPSA) is 60.2 Å². The number of thiol groups is 1. The monoisotopic (exact) mass is 275 g/mol. The predicted octanol–water partition coefficient (Wildman–Crippen LogP) is 3.37. The molecule has 0 aliphatic heterocycles. The largest absolute Gasteiger partial charge is 0.289 e. The maximum atomic E-state index is 12.0. The van der Waals surface area contributed by atoms with Crippen molar-refractivity contribution in [3.05, 3.63) is 75.8 Å². The lowest BCUT2D eigenvalue weighted by Crippen LogP contribution is -2.01. The third-order valence-corrected chi connectivity index (χ3v) is 2.36. The molecule has 0 aliphatic carbocycles. The Kier molecular flexibility index (Phi) is 5.75. The van der Waals surface area contributed by atoms with Gasteiger partial charge in [0, 0.05) is 23.3 Å². The van der Waals surface area contributed by atoms with Crippen molar-refractivity contribution in [2.45, 2.75) is 0 Å². The van der Waals surface area contributed by atoms with Crippen molar-refractivity contribution in [3.8, 4) is 0 Å². The number of hydrogen-bond acceptors (Lipinski definition) is 4. The second-order valence-corrected chi connectivity index (χ2v) is 3.50. The second-order valence-electron chi connectivity index (χ2n) is 3.50. The van der Waals surface area contributed by atoms with E-state index >= 15 is 0 Å². The molecule has 0 atom stereocenters. The Hall–Kier alpha value is -2.14. The first-order chi connectivity index (χ1) is 9.18. The highest BCUT2D eigenvalue weighted by Crippen LogP contribution is 2.16. The summed E-state index contributed by atoms with van der Waals surface area (Å²) in [6.07, 6.45) is 1.69. The number of nitro groups is 1. The van der Waals surface area contributed by atoms with E-state index in [9.17, 15) is 14.9 Å². The van der Waals surface area contributed by atoms with Gasteiger partial charge in [-0.2, -0.15) is 12.6 Å². The fraction of sp³-hybridized carbons (Fsp3) is 0.0714. The number of rotatable bonds is 3. The summed E-state index contributed by atoms with van der Waals surface area (Å²) in [6.45, 7) is 0. The fourth-order valence-corrected chi connectivity index (χ4v) is 1.52. The standard InChI is InChI=1S/C13H9NO3.CH4S/c15-13(10-5-2-1-3-6-10)11-7-4-8-12(9-11)14(16)17;1-2/h1-9H;2H,1H3. The number of ketones is 1. The van der Waals surface area contributed by atoms with Gasteiger partial charge < -0.3 is 0 Å². The molecule has 5 heteroatoms. The predicted molar refractivity (Wildman–Crippen MR) is 77.9 cm³/mol. The molecule has 0 saturated heterocycles. The van der Waals surface area contributed by atoms with Gasteiger partial charge in [0.2, 0.25) is 0 Å². The number of benzene rings is 2. The van der Waals surface area contributed by atoms with Gasteiger partial charge in [-0.3, -0.25) is 14.9 Å². The van der Waals surface area contributed by atoms with Crippen LogP contribution in [0.4, 0.5) is 5.69 Å². The molecule has 0 saturated carbocycles. The molecule has 0 fully saturated rings. The molecule has 0 spiro atoms. The first-order valence-corrected chi connectivity index (χ1v) is 6.37. The molecule has 0 amide bonds. The van der Waals surface area contributed by atoms with Crippen LogP contribution in [0.15, 0.2) is 54.6 Å². The molecule has 19 heavy (non-hydrogen) atoms. The van der Waals surface area contributed by atoms with E-state index in [0.29, 0.717) is 11.1 Å². The van der Waals surface area contributed by atoms with Crippen molar-refractivity contribution >= 4 is 24.1 Å². The van der Waals surface area contributed by atoms with Gasteiger partial charge in [0.05, 0.1) is 4.92 Å². The first kappa shape index (κ1) is 14.9. The summed E-state index contributed by atoms with van der Waals surface area (Å²) in [5.41, 5.74) is 0.769. The van der Waals surface area contributed by atoms with Crippen LogP contribution in [0.1, 0.15) is 15.9 Å². The molecule has 0 N–H and O–H groups in total. The summed E-state index contributed by atoms with van der Waals surface area (Å²) in [6, 6.07) is 14.4. The summed E-state index contributed by atoms with van der Waals surface area (Å²) < 4.78 is 0. The molecule has 2 rings (SSSR count). The van der Waals surface area contributed by atoms with Crippen LogP contribution in [0.3, 0.4) is 0 Å². The van der Waals surface area contributed by atoms with E-state index in [0.717, 1.165) is 0 Å². The van der Waals surface area contributed by atoms with E-state index in [2.05, 4.69) is 12.6 Å². The van der Waals surface area contributed by atoms with E-state index in [1.807, 2.05) is 6.07 Å². The van der Waals surface area contributed by atoms with Crippen LogP contribution >= 0.6 is 12.6 Å². The molecule has 98 valence electrons. The summed E-state index contributed by atoms with van der Waals surface area (Å²) in [4.78, 5) is 22.1. The zero-order valence-electron chi connectivity index (χ0n) is 10.3. The SMILES string of the molecule is CS.O=C(c1ccccc1)c1cccc([N+](=O)[O-])c1. The molecule has 2 aromatic carbocycles. The van der Waals surface area contributed by atoms with Gasteiger partial charge in [0.15, 0.2) is 5.78 Å². The zero-order valence-corrected chi connectivity index (χ0v) is 11.2. The number of carbonyl (C=O) groups is 1. The minimum atomic E-state index is -0.512. The lowest BCUT2D eigenvalue weighted by Gasteiger charge is -2.00. The van der Waals surface area contributed by atoms with Gasteiger partial charge in [-0.25, -0.2) is 0 Å². The average molecular weight is 275 g/mol. The van der Waals surface area contributed by atoms with E-state index in [-0.39, 0.29) is 11.5 Å². The van der Waals surface area contributed by atoms with Crippen molar-refractivity contribution in [3.63, 3.8) is 0 Å². The maximum absolute atomic E-state index is 12.0. The summed E-state index contributed by atoms with van der Waals surface area (Å²) in [5, 5.41) is 10.6. The van der Waals surface area contributed by atoms with Crippen molar-refractivity contribution in [1.82, 2.24) is 0 Å². The van der Waals surface area contributed by atoms with Gasteiger partial charge >= 0.3 is 0 Å². The van der Waals surface area contributed by atoms with Crippen LogP contribution in [-0.4, -0.2) is 17.0 Å². The van der Waals surface area contributed by atoms with Gasteiger partial charge in [-0.15, -0.1) is 0 Å². The molecule has 0 radical (unpaired) electrons. The van der Waals surface area contributed by atoms with Crippen molar-refractivity contribution in [2.24, 2.45) is 0 Å². The minimum absolute atomic E-state index is 0.0771. The Morgan fingerprint density at radius 1 is 1.00 bits per heavy atom. The van der Waals surface area contributed by atoms with Gasteiger partial charge in [0.1, 0.15) is 0 Å². The van der Waals surface area contributed by atoms with E-state index < -0.39 is 4.92 Å². The highest BCUT2D eigenvalue weighted by atomic mass is 32.1. The Balaban J connectivity index is 0.000000861. The molecular formula is C14H13NO3S. The lowest BCUT2D eigenvalue weighted by molar-refractivity contribution is -0.384. The third kappa shape index (κ3) is 3.93. The number of nitrogens with zero attached hydrogens (tertiary/aromatic N) is 1. The molecule has 2 aromatic rings. The molecule has 0 aliphatic rings. The van der Waals surface area contributed by atoms with Crippen LogP contribution in [-0.2, 0) is 0 Å². The van der Waals surface area contributed by atoms with Gasteiger partial charge in [-0.05, 0) is 6.26 Å². The lowest BCUT2D eigenvalue weighted by atomic mass is 10.0. The fourth-order valence-electron chi connectivity index (χ4n) is 1.52. The number of nitro benzene ring substituents is 1. The van der Waals surface area contributed by atoms with Crippen LogP contribution in [0.25, 0.3) is 0 Å². The van der Waals surface area contributed by atoms with Crippen molar-refractivity contribution in [1.29, 1.82) is 0 Å². The second kappa shape index (κ2) is 7.33. The quantitative estimate of drug-likeness (QED) is 0.404. The molecule has 0 unspecified atom stereocenters. The number of hydrogen-bond donors (Lipinski definition) is 1. The highest BCUT2D eigenvalue weighted by Gasteiger charge is 2.12. The normalized spacial score (nSPS) is 9.16. The van der Waals surface area contributed by atoms with Gasteiger partial charge in [0.25, 0.3) is 5.69 Å². The Labute approximate surface area is 116 Å². The number of carbonyl (C=O) groups excluding carboxylic acids is 1. The van der Waals surface area contributed by atoms with Crippen LogP contribution in [0.2, 0.25) is 0 Å². The summed E-state index contributed by atoms with van der Waals surface area (Å²) in [7, 11) is 0. The van der Waals surface area contributed by atoms with Crippen LogP contribution in [0.5, 0.6) is 0 Å². The van der Waals surface area contributed by atoms with Crippen molar-refractivity contribution < 1.29 is 9.72 Å². The average Bonchev–Trinajstić information content (AvgIpc) is 2.49. The van der Waals surface area contributed by atoms with E-state index in [1.165, 1.54) is 18.2 Å². The smallest absolute Gasteiger partial charge is 0.270 e. The molecule has 0 aromatic heterocycles. The van der Waals surface area contributed by atoms with Gasteiger partial charge in [-0.1, -0.05) is 42.5 Å². The summed E-state index contributed by atoms with van der Waals surface area (Å²) in [5.74, 6) is -0.214. The Morgan fingerprint density at radius 2 is 1.58 bits per heavy atom. The highest BCUT2D eigenvalue weighted by molar-refractivity contribution is 7.79. The van der Waals surface area contributed by atoms with Crippen LogP contribution < -0.4 is 0 Å².